The number of esters is 1. The van der Waals surface area contributed by atoms with Crippen molar-refractivity contribution in [3.05, 3.63) is 53.6 Å². The Morgan fingerprint density at radius 3 is 2.17 bits per heavy atom. The third-order valence-electron chi connectivity index (χ3n) is 3.90. The highest BCUT2D eigenvalue weighted by molar-refractivity contribution is 5.96. The van der Waals surface area contributed by atoms with Gasteiger partial charge in [0.15, 0.2) is 23.9 Å². The van der Waals surface area contributed by atoms with Gasteiger partial charge in [-0.15, -0.1) is 0 Å². The lowest BCUT2D eigenvalue weighted by Crippen LogP contribution is -2.21. The Bertz CT molecular complexity index is 860. The number of nitrogens with one attached hydrogen (secondary N) is 1. The van der Waals surface area contributed by atoms with Gasteiger partial charge in [0.1, 0.15) is 0 Å². The summed E-state index contributed by atoms with van der Waals surface area (Å²) < 4.78 is 16.1. The maximum Gasteiger partial charge on any atom is 0.310 e. The number of benzene rings is 2. The van der Waals surface area contributed by atoms with Crippen LogP contribution in [0.4, 0.5) is 5.69 Å². The SMILES string of the molecule is CCOc1ccc(CC(=O)OCC(=O)Nc2ccc(C(C)=O)cc2)cc1OCC. The number of hydrogen-bond donors (Lipinski definition) is 1. The second-order valence-corrected chi connectivity index (χ2v) is 6.17. The molecule has 2 aromatic rings. The van der Waals surface area contributed by atoms with Crippen LogP contribution in [0, 0.1) is 0 Å². The normalized spacial score (nSPS) is 10.2. The van der Waals surface area contributed by atoms with Crippen LogP contribution in [0.25, 0.3) is 0 Å². The largest absolute Gasteiger partial charge is 0.490 e. The number of hydrogen-bond acceptors (Lipinski definition) is 6. The number of rotatable bonds is 10. The van der Waals surface area contributed by atoms with Crippen LogP contribution in [0.2, 0.25) is 0 Å². The highest BCUT2D eigenvalue weighted by atomic mass is 16.5. The summed E-state index contributed by atoms with van der Waals surface area (Å²) in [6, 6.07) is 11.7. The minimum absolute atomic E-state index is 0.00701. The van der Waals surface area contributed by atoms with E-state index in [1.807, 2.05) is 13.8 Å². The zero-order valence-corrected chi connectivity index (χ0v) is 16.8. The third-order valence-corrected chi connectivity index (χ3v) is 3.90. The second-order valence-electron chi connectivity index (χ2n) is 6.17. The van der Waals surface area contributed by atoms with Crippen molar-refractivity contribution in [2.45, 2.75) is 27.2 Å². The smallest absolute Gasteiger partial charge is 0.310 e. The van der Waals surface area contributed by atoms with Crippen LogP contribution in [-0.4, -0.2) is 37.5 Å². The fourth-order valence-corrected chi connectivity index (χ4v) is 2.55. The molecule has 0 spiro atoms. The van der Waals surface area contributed by atoms with E-state index in [4.69, 9.17) is 14.2 Å². The Morgan fingerprint density at radius 1 is 0.897 bits per heavy atom. The molecule has 0 fully saturated rings. The topological polar surface area (TPSA) is 90.9 Å². The first-order valence-electron chi connectivity index (χ1n) is 9.38. The lowest BCUT2D eigenvalue weighted by molar-refractivity contribution is -0.146. The fourth-order valence-electron chi connectivity index (χ4n) is 2.55. The molecule has 0 unspecified atom stereocenters. The summed E-state index contributed by atoms with van der Waals surface area (Å²) in [4.78, 5) is 35.3. The van der Waals surface area contributed by atoms with E-state index < -0.39 is 18.5 Å². The van der Waals surface area contributed by atoms with Gasteiger partial charge in [-0.2, -0.15) is 0 Å². The molecule has 7 nitrogen and oxygen atoms in total. The van der Waals surface area contributed by atoms with Crippen molar-refractivity contribution in [3.63, 3.8) is 0 Å². The van der Waals surface area contributed by atoms with Crippen LogP contribution < -0.4 is 14.8 Å². The molecule has 0 saturated carbocycles. The Balaban J connectivity index is 1.86. The van der Waals surface area contributed by atoms with Crippen LogP contribution in [0.15, 0.2) is 42.5 Å². The highest BCUT2D eigenvalue weighted by Gasteiger charge is 2.12. The van der Waals surface area contributed by atoms with Crippen molar-refractivity contribution in [3.8, 4) is 11.5 Å². The van der Waals surface area contributed by atoms with Gasteiger partial charge in [-0.1, -0.05) is 6.07 Å². The predicted molar refractivity (Wildman–Crippen MR) is 109 cm³/mol. The minimum atomic E-state index is -0.529. The van der Waals surface area contributed by atoms with E-state index in [2.05, 4.69) is 5.32 Å². The number of ether oxygens (including phenoxy) is 3. The van der Waals surface area contributed by atoms with E-state index in [9.17, 15) is 14.4 Å². The number of ketones is 1. The van der Waals surface area contributed by atoms with E-state index in [-0.39, 0.29) is 12.2 Å². The molecule has 2 rings (SSSR count). The summed E-state index contributed by atoms with van der Waals surface area (Å²) in [5, 5.41) is 2.61. The van der Waals surface area contributed by atoms with Crippen LogP contribution in [0.1, 0.15) is 36.7 Å². The second kappa shape index (κ2) is 10.8. The van der Waals surface area contributed by atoms with E-state index in [1.165, 1.54) is 6.92 Å². The minimum Gasteiger partial charge on any atom is -0.490 e. The molecular formula is C22H25NO6. The monoisotopic (exact) mass is 399 g/mol. The molecule has 0 saturated heterocycles. The van der Waals surface area contributed by atoms with Crippen molar-refractivity contribution < 1.29 is 28.6 Å². The van der Waals surface area contributed by atoms with Crippen molar-refractivity contribution in [2.75, 3.05) is 25.1 Å². The van der Waals surface area contributed by atoms with E-state index >= 15 is 0 Å². The maximum absolute atomic E-state index is 12.1. The van der Waals surface area contributed by atoms with Gasteiger partial charge in [0.2, 0.25) is 0 Å². The standard InChI is InChI=1S/C22H25NO6/c1-4-27-19-11-6-16(12-20(19)28-5-2)13-22(26)29-14-21(25)23-18-9-7-17(8-10-18)15(3)24/h6-12H,4-5,13-14H2,1-3H3,(H,23,25). The number of Topliss-reactive ketones (excluding diaryl/α,β-unsaturated/α-hetero) is 1. The lowest BCUT2D eigenvalue weighted by atomic mass is 10.1. The first kappa shape index (κ1) is 21.9. The molecule has 1 N–H and O–H groups in total. The Morgan fingerprint density at radius 2 is 1.55 bits per heavy atom. The average molecular weight is 399 g/mol. The molecule has 7 heteroatoms. The summed E-state index contributed by atoms with van der Waals surface area (Å²) in [6.45, 7) is 5.79. The van der Waals surface area contributed by atoms with Gasteiger partial charge < -0.3 is 19.5 Å². The van der Waals surface area contributed by atoms with Crippen LogP contribution in [0.5, 0.6) is 11.5 Å². The molecule has 154 valence electrons. The fraction of sp³-hybridized carbons (Fsp3) is 0.318. The summed E-state index contributed by atoms with van der Waals surface area (Å²) >= 11 is 0. The van der Waals surface area contributed by atoms with Gasteiger partial charge in [-0.25, -0.2) is 0 Å². The van der Waals surface area contributed by atoms with Gasteiger partial charge in [-0.05, 0) is 62.7 Å². The molecule has 0 aliphatic rings. The third kappa shape index (κ3) is 6.95. The van der Waals surface area contributed by atoms with Gasteiger partial charge in [-0.3, -0.25) is 14.4 Å². The van der Waals surface area contributed by atoms with E-state index in [1.54, 1.807) is 42.5 Å². The predicted octanol–water partition coefficient (Wildman–Crippen LogP) is 3.41. The van der Waals surface area contributed by atoms with Crippen LogP contribution in [-0.2, 0) is 20.7 Å². The van der Waals surface area contributed by atoms with Gasteiger partial charge >= 0.3 is 5.97 Å². The Hall–Kier alpha value is -3.35. The number of carbonyl (C=O) groups excluding carboxylic acids is 3. The van der Waals surface area contributed by atoms with E-state index in [0.717, 1.165) is 0 Å². The molecule has 0 radical (unpaired) electrons. The Labute approximate surface area is 170 Å². The maximum atomic E-state index is 12.1. The summed E-state index contributed by atoms with van der Waals surface area (Å²) in [5.41, 5.74) is 1.77. The number of carbonyl (C=O) groups is 3. The summed E-state index contributed by atoms with van der Waals surface area (Å²) in [7, 11) is 0. The number of amides is 1. The summed E-state index contributed by atoms with van der Waals surface area (Å²) in [6.07, 6.45) is 0.00701. The van der Waals surface area contributed by atoms with Gasteiger partial charge in [0.25, 0.3) is 5.91 Å². The van der Waals surface area contributed by atoms with Gasteiger partial charge in [0, 0.05) is 11.3 Å². The van der Waals surface area contributed by atoms with Crippen LogP contribution >= 0.6 is 0 Å². The molecule has 1 amide bonds. The average Bonchev–Trinajstić information content (AvgIpc) is 2.69. The quantitative estimate of drug-likeness (QED) is 0.486. The highest BCUT2D eigenvalue weighted by Crippen LogP contribution is 2.28. The zero-order chi connectivity index (χ0) is 21.2. The molecular weight excluding hydrogens is 374 g/mol. The van der Waals surface area contributed by atoms with Crippen LogP contribution in [0.3, 0.4) is 0 Å². The Kier molecular flexibility index (Phi) is 8.21. The van der Waals surface area contributed by atoms with Crippen molar-refractivity contribution >= 4 is 23.3 Å². The van der Waals surface area contributed by atoms with Crippen molar-refractivity contribution in [2.24, 2.45) is 0 Å². The molecule has 2 aromatic carbocycles. The first-order chi connectivity index (χ1) is 13.9. The molecule has 0 aromatic heterocycles. The molecule has 29 heavy (non-hydrogen) atoms. The first-order valence-corrected chi connectivity index (χ1v) is 9.38. The van der Waals surface area contributed by atoms with Gasteiger partial charge in [0.05, 0.1) is 19.6 Å². The molecule has 0 heterocycles. The number of anilines is 1. The molecule has 0 aliphatic carbocycles. The molecule has 0 bridgehead atoms. The lowest BCUT2D eigenvalue weighted by Gasteiger charge is -2.12. The van der Waals surface area contributed by atoms with Crippen molar-refractivity contribution in [1.82, 2.24) is 0 Å². The zero-order valence-electron chi connectivity index (χ0n) is 16.8. The molecule has 0 aliphatic heterocycles. The van der Waals surface area contributed by atoms with E-state index in [0.29, 0.717) is 41.5 Å². The van der Waals surface area contributed by atoms with Crippen molar-refractivity contribution in [1.29, 1.82) is 0 Å². The molecule has 0 atom stereocenters. The summed E-state index contributed by atoms with van der Waals surface area (Å²) in [5.74, 6) is 0.126.